The van der Waals surface area contributed by atoms with Crippen molar-refractivity contribution >= 4 is 17.2 Å². The van der Waals surface area contributed by atoms with E-state index in [1.165, 1.54) is 11.3 Å². The predicted octanol–water partition coefficient (Wildman–Crippen LogP) is 3.51. The Kier molecular flexibility index (Phi) is 4.01. The molecular weight excluding hydrogens is 372 g/mol. The summed E-state index contributed by atoms with van der Waals surface area (Å²) in [6.07, 6.45) is 3.91. The molecule has 4 heterocycles. The number of thiazole rings is 1. The molecule has 1 saturated heterocycles. The molecule has 0 N–H and O–H groups in total. The van der Waals surface area contributed by atoms with Gasteiger partial charge in [-0.3, -0.25) is 4.79 Å². The molecule has 1 aromatic carbocycles. The van der Waals surface area contributed by atoms with Gasteiger partial charge in [-0.25, -0.2) is 9.97 Å². The minimum atomic E-state index is -0.0546. The van der Waals surface area contributed by atoms with Crippen LogP contribution < -0.4 is 4.74 Å². The maximum absolute atomic E-state index is 12.8. The lowest BCUT2D eigenvalue weighted by Gasteiger charge is -2.22. The van der Waals surface area contributed by atoms with E-state index in [1.54, 1.807) is 7.11 Å². The summed E-state index contributed by atoms with van der Waals surface area (Å²) in [5.41, 5.74) is 2.66. The number of methoxy groups -OCH3 is 1. The molecule has 0 unspecified atom stereocenters. The van der Waals surface area contributed by atoms with Crippen molar-refractivity contribution in [2.24, 2.45) is 0 Å². The van der Waals surface area contributed by atoms with Gasteiger partial charge in [0.25, 0.3) is 5.91 Å². The lowest BCUT2D eigenvalue weighted by Crippen LogP contribution is -2.34. The Morgan fingerprint density at radius 1 is 1.25 bits per heavy atom. The summed E-state index contributed by atoms with van der Waals surface area (Å²) in [5, 5.41) is 2.79. The maximum Gasteiger partial charge on any atom is 0.273 e. The molecule has 0 bridgehead atoms. The van der Waals surface area contributed by atoms with Gasteiger partial charge in [0.2, 0.25) is 0 Å². The lowest BCUT2D eigenvalue weighted by molar-refractivity contribution is 0.0778. The molecule has 5 rings (SSSR count). The third-order valence-corrected chi connectivity index (χ3v) is 6.78. The second-order valence-corrected chi connectivity index (χ2v) is 8.64. The number of amides is 1. The molecule has 3 aromatic rings. The largest absolute Gasteiger partial charge is 0.496 e. The van der Waals surface area contributed by atoms with Crippen molar-refractivity contribution in [2.45, 2.75) is 31.7 Å². The van der Waals surface area contributed by atoms with Crippen LogP contribution in [0.3, 0.4) is 0 Å². The molecule has 0 saturated carbocycles. The zero-order valence-corrected chi connectivity index (χ0v) is 16.8. The Morgan fingerprint density at radius 2 is 2.07 bits per heavy atom. The number of ether oxygens (including phenoxy) is 1. The van der Waals surface area contributed by atoms with Crippen molar-refractivity contribution in [1.29, 1.82) is 0 Å². The molecule has 6 nitrogen and oxygen atoms in total. The summed E-state index contributed by atoms with van der Waals surface area (Å²) in [5.74, 6) is 1.99. The molecule has 1 amide bonds. The topological polar surface area (TPSA) is 60.2 Å². The van der Waals surface area contributed by atoms with Crippen molar-refractivity contribution in [1.82, 2.24) is 19.4 Å². The van der Waals surface area contributed by atoms with Crippen LogP contribution in [0.1, 0.15) is 34.2 Å². The second kappa shape index (κ2) is 6.44. The van der Waals surface area contributed by atoms with Gasteiger partial charge in [0.05, 0.1) is 24.0 Å². The number of aryl methyl sites for hydroxylation is 1. The number of para-hydroxylation sites is 1. The van der Waals surface area contributed by atoms with E-state index in [1.807, 2.05) is 41.6 Å². The number of benzene rings is 1. The van der Waals surface area contributed by atoms with E-state index in [2.05, 4.69) is 15.6 Å². The third-order valence-electron chi connectivity index (χ3n) is 6.01. The van der Waals surface area contributed by atoms with Crippen molar-refractivity contribution in [2.75, 3.05) is 20.2 Å². The lowest BCUT2D eigenvalue weighted by atomic mass is 9.85. The van der Waals surface area contributed by atoms with E-state index in [0.29, 0.717) is 12.2 Å². The van der Waals surface area contributed by atoms with Crippen LogP contribution in [0.25, 0.3) is 11.3 Å². The van der Waals surface area contributed by atoms with Crippen LogP contribution in [-0.2, 0) is 12.0 Å². The van der Waals surface area contributed by atoms with Gasteiger partial charge >= 0.3 is 0 Å². The van der Waals surface area contributed by atoms with Crippen molar-refractivity contribution in [3.63, 3.8) is 0 Å². The summed E-state index contributed by atoms with van der Waals surface area (Å²) in [6.45, 7) is 4.32. The van der Waals surface area contributed by atoms with Crippen LogP contribution in [0.2, 0.25) is 0 Å². The smallest absolute Gasteiger partial charge is 0.273 e. The first kappa shape index (κ1) is 17.4. The number of rotatable bonds is 3. The number of likely N-dealkylation sites (tertiary alicyclic amines) is 1. The van der Waals surface area contributed by atoms with Crippen LogP contribution in [0.4, 0.5) is 0 Å². The number of hydrogen-bond acceptors (Lipinski definition) is 5. The van der Waals surface area contributed by atoms with Crippen LogP contribution in [0, 0.1) is 6.92 Å². The average molecular weight is 395 g/mol. The minimum Gasteiger partial charge on any atom is -0.496 e. The number of fused-ring (bicyclic) bond motifs is 2. The molecule has 2 aromatic heterocycles. The zero-order valence-electron chi connectivity index (χ0n) is 16.0. The quantitative estimate of drug-likeness (QED) is 0.682. The fourth-order valence-electron chi connectivity index (χ4n) is 4.59. The van der Waals surface area contributed by atoms with Crippen LogP contribution in [0.5, 0.6) is 5.75 Å². The number of imidazole rings is 1. The van der Waals surface area contributed by atoms with Crippen molar-refractivity contribution < 1.29 is 9.53 Å². The van der Waals surface area contributed by atoms with Gasteiger partial charge in [-0.1, -0.05) is 12.1 Å². The Balaban J connectivity index is 1.45. The Bertz CT molecular complexity index is 1060. The van der Waals surface area contributed by atoms with Crippen LogP contribution >= 0.6 is 11.3 Å². The first-order valence-electron chi connectivity index (χ1n) is 9.52. The molecule has 1 fully saturated rings. The summed E-state index contributed by atoms with van der Waals surface area (Å²) in [4.78, 5) is 24.0. The third kappa shape index (κ3) is 2.57. The molecule has 1 spiro atoms. The van der Waals surface area contributed by atoms with E-state index in [4.69, 9.17) is 9.72 Å². The van der Waals surface area contributed by atoms with E-state index in [-0.39, 0.29) is 11.3 Å². The molecule has 7 heteroatoms. The minimum absolute atomic E-state index is 0.0381. The standard InChI is InChI=1S/C21H22N4O2S/c1-14-23-16(12-28-14)19(26)24-9-7-21(13-24)8-10-25-17(11-22-20(21)25)15-5-3-4-6-18(15)27-2/h3-6,11-12H,7-10,13H2,1-2H3/t21-/m0/s1. The van der Waals surface area contributed by atoms with Gasteiger partial charge in [0.15, 0.2) is 0 Å². The second-order valence-electron chi connectivity index (χ2n) is 7.58. The van der Waals surface area contributed by atoms with E-state index < -0.39 is 0 Å². The van der Waals surface area contributed by atoms with Gasteiger partial charge in [-0.15, -0.1) is 11.3 Å². The van der Waals surface area contributed by atoms with Crippen molar-refractivity contribution in [3.8, 4) is 17.0 Å². The van der Waals surface area contributed by atoms with Crippen LogP contribution in [0.15, 0.2) is 35.8 Å². The Morgan fingerprint density at radius 3 is 2.86 bits per heavy atom. The highest BCUT2D eigenvalue weighted by atomic mass is 32.1. The first-order valence-corrected chi connectivity index (χ1v) is 10.4. The highest BCUT2D eigenvalue weighted by molar-refractivity contribution is 7.09. The molecule has 0 aliphatic carbocycles. The zero-order chi connectivity index (χ0) is 19.3. The normalized spacial score (nSPS) is 20.7. The predicted molar refractivity (Wildman–Crippen MR) is 108 cm³/mol. The summed E-state index contributed by atoms with van der Waals surface area (Å²) in [6, 6.07) is 8.05. The first-order chi connectivity index (χ1) is 13.6. The molecule has 28 heavy (non-hydrogen) atoms. The molecule has 0 radical (unpaired) electrons. The summed E-state index contributed by atoms with van der Waals surface area (Å²) < 4.78 is 7.85. The highest BCUT2D eigenvalue weighted by Crippen LogP contribution is 2.45. The summed E-state index contributed by atoms with van der Waals surface area (Å²) in [7, 11) is 1.70. The molecule has 2 aliphatic heterocycles. The molecule has 144 valence electrons. The van der Waals surface area contributed by atoms with Crippen molar-refractivity contribution in [3.05, 3.63) is 52.4 Å². The van der Waals surface area contributed by atoms with Gasteiger partial charge in [0, 0.05) is 36.0 Å². The fourth-order valence-corrected chi connectivity index (χ4v) is 5.18. The van der Waals surface area contributed by atoms with E-state index >= 15 is 0 Å². The monoisotopic (exact) mass is 394 g/mol. The maximum atomic E-state index is 12.8. The van der Waals surface area contributed by atoms with Gasteiger partial charge < -0.3 is 14.2 Å². The number of nitrogens with zero attached hydrogens (tertiary/aromatic N) is 4. The molecule has 2 aliphatic rings. The van der Waals surface area contributed by atoms with Gasteiger partial charge in [0.1, 0.15) is 17.3 Å². The summed E-state index contributed by atoms with van der Waals surface area (Å²) >= 11 is 1.52. The number of carbonyl (C=O) groups excluding carboxylic acids is 1. The number of aromatic nitrogens is 3. The number of hydrogen-bond donors (Lipinski definition) is 0. The fraction of sp³-hybridized carbons (Fsp3) is 0.381. The molecule has 1 atom stereocenters. The number of carbonyl (C=O) groups is 1. The Labute approximate surface area is 167 Å². The van der Waals surface area contributed by atoms with E-state index in [9.17, 15) is 4.79 Å². The highest BCUT2D eigenvalue weighted by Gasteiger charge is 2.48. The van der Waals surface area contributed by atoms with E-state index in [0.717, 1.165) is 53.8 Å². The SMILES string of the molecule is COc1ccccc1-c1cnc2n1CC[C@]21CCN(C(=O)c2csc(C)n2)C1. The Hall–Kier alpha value is -2.67. The average Bonchev–Trinajstić information content (AvgIpc) is 3.48. The van der Waals surface area contributed by atoms with Gasteiger partial charge in [-0.05, 0) is 31.9 Å². The molecular formula is C21H22N4O2S. The van der Waals surface area contributed by atoms with Crippen LogP contribution in [-0.4, -0.2) is 45.5 Å². The van der Waals surface area contributed by atoms with Gasteiger partial charge in [-0.2, -0.15) is 0 Å².